The second-order valence-electron chi connectivity index (χ2n) is 6.04. The molecular formula is C20H21N3O2S. The topological polar surface area (TPSA) is 71.1 Å². The van der Waals surface area contributed by atoms with Crippen molar-refractivity contribution in [2.45, 2.75) is 26.3 Å². The first kappa shape index (κ1) is 18.1. The Bertz CT molecular complexity index is 870. The van der Waals surface area contributed by atoms with E-state index in [0.717, 1.165) is 28.9 Å². The van der Waals surface area contributed by atoms with Gasteiger partial charge in [0, 0.05) is 32.0 Å². The Labute approximate surface area is 156 Å². The van der Waals surface area contributed by atoms with Crippen molar-refractivity contribution in [2.24, 2.45) is 0 Å². The van der Waals surface area contributed by atoms with Gasteiger partial charge in [0.1, 0.15) is 0 Å². The highest BCUT2D eigenvalue weighted by Gasteiger charge is 2.06. The van der Waals surface area contributed by atoms with E-state index in [-0.39, 0.29) is 11.8 Å². The van der Waals surface area contributed by atoms with Crippen LogP contribution in [0, 0.1) is 0 Å². The summed E-state index contributed by atoms with van der Waals surface area (Å²) in [5.41, 5.74) is 2.63. The number of aromatic nitrogens is 1. The van der Waals surface area contributed by atoms with Gasteiger partial charge in [-0.2, -0.15) is 0 Å². The summed E-state index contributed by atoms with van der Waals surface area (Å²) in [5, 5.41) is 6.77. The molecule has 0 unspecified atom stereocenters. The summed E-state index contributed by atoms with van der Waals surface area (Å²) in [7, 11) is 0. The van der Waals surface area contributed by atoms with Crippen molar-refractivity contribution < 1.29 is 9.59 Å². The molecule has 3 rings (SSSR count). The minimum Gasteiger partial charge on any atom is -0.352 e. The maximum absolute atomic E-state index is 12.2. The highest BCUT2D eigenvalue weighted by atomic mass is 32.1. The Kier molecular flexibility index (Phi) is 5.96. The number of para-hydroxylation sites is 1. The largest absolute Gasteiger partial charge is 0.352 e. The lowest BCUT2D eigenvalue weighted by Crippen LogP contribution is -2.25. The first-order valence-electron chi connectivity index (χ1n) is 8.58. The molecule has 3 aromatic rings. The Morgan fingerprint density at radius 3 is 2.54 bits per heavy atom. The van der Waals surface area contributed by atoms with Crippen molar-refractivity contribution in [1.29, 1.82) is 0 Å². The van der Waals surface area contributed by atoms with Gasteiger partial charge in [0.15, 0.2) is 0 Å². The standard InChI is InChI=1S/C20H21N3O2S/c1-14(24)22-13-15-8-10-16(11-9-15)20(25)21-12-4-7-19-23-17-5-2-3-6-18(17)26-19/h2-3,5-6,8-11H,4,7,12-13H2,1H3,(H,21,25)(H,22,24). The van der Waals surface area contributed by atoms with Gasteiger partial charge < -0.3 is 10.6 Å². The highest BCUT2D eigenvalue weighted by molar-refractivity contribution is 7.18. The smallest absolute Gasteiger partial charge is 0.251 e. The summed E-state index contributed by atoms with van der Waals surface area (Å²) in [4.78, 5) is 27.7. The van der Waals surface area contributed by atoms with Crippen LogP contribution < -0.4 is 10.6 Å². The van der Waals surface area contributed by atoms with Gasteiger partial charge >= 0.3 is 0 Å². The normalized spacial score (nSPS) is 10.7. The van der Waals surface area contributed by atoms with E-state index >= 15 is 0 Å². The summed E-state index contributed by atoms with van der Waals surface area (Å²) in [6, 6.07) is 15.4. The van der Waals surface area contributed by atoms with Gasteiger partial charge in [-0.3, -0.25) is 9.59 Å². The number of nitrogens with zero attached hydrogens (tertiary/aromatic N) is 1. The Hall–Kier alpha value is -2.73. The fourth-order valence-electron chi connectivity index (χ4n) is 2.57. The molecule has 26 heavy (non-hydrogen) atoms. The predicted molar refractivity (Wildman–Crippen MR) is 104 cm³/mol. The van der Waals surface area contributed by atoms with Gasteiger partial charge in [0.2, 0.25) is 5.91 Å². The molecule has 0 aliphatic carbocycles. The number of thiazole rings is 1. The average Bonchev–Trinajstić information content (AvgIpc) is 3.06. The van der Waals surface area contributed by atoms with E-state index in [1.54, 1.807) is 23.5 Å². The molecule has 2 N–H and O–H groups in total. The van der Waals surface area contributed by atoms with Crippen LogP contribution in [0.4, 0.5) is 0 Å². The van der Waals surface area contributed by atoms with Crippen molar-refractivity contribution in [2.75, 3.05) is 6.54 Å². The van der Waals surface area contributed by atoms with Crippen LogP contribution in [-0.4, -0.2) is 23.3 Å². The van der Waals surface area contributed by atoms with E-state index in [0.29, 0.717) is 18.7 Å². The number of amides is 2. The Morgan fingerprint density at radius 1 is 1.04 bits per heavy atom. The van der Waals surface area contributed by atoms with Crippen LogP contribution in [-0.2, 0) is 17.8 Å². The molecule has 0 aliphatic rings. The third-order valence-corrected chi connectivity index (χ3v) is 5.04. The van der Waals surface area contributed by atoms with E-state index in [4.69, 9.17) is 0 Å². The predicted octanol–water partition coefficient (Wildman–Crippen LogP) is 3.30. The maximum atomic E-state index is 12.2. The number of rotatable bonds is 7. The number of carbonyl (C=O) groups excluding carboxylic acids is 2. The van der Waals surface area contributed by atoms with E-state index in [1.165, 1.54) is 11.6 Å². The third-order valence-electron chi connectivity index (χ3n) is 3.95. The zero-order valence-corrected chi connectivity index (χ0v) is 15.4. The molecule has 0 aliphatic heterocycles. The molecular weight excluding hydrogens is 346 g/mol. The molecule has 0 bridgehead atoms. The summed E-state index contributed by atoms with van der Waals surface area (Å²) in [6.45, 7) is 2.57. The molecule has 0 radical (unpaired) electrons. The third kappa shape index (κ3) is 4.89. The van der Waals surface area contributed by atoms with Gasteiger partial charge in [0.05, 0.1) is 15.2 Å². The van der Waals surface area contributed by atoms with Crippen molar-refractivity contribution in [3.8, 4) is 0 Å². The van der Waals surface area contributed by atoms with Crippen molar-refractivity contribution in [1.82, 2.24) is 15.6 Å². The minimum absolute atomic E-state index is 0.0695. The van der Waals surface area contributed by atoms with E-state index < -0.39 is 0 Å². The lowest BCUT2D eigenvalue weighted by atomic mass is 10.1. The number of hydrogen-bond acceptors (Lipinski definition) is 4. The van der Waals surface area contributed by atoms with Crippen LogP contribution in [0.5, 0.6) is 0 Å². The average molecular weight is 367 g/mol. The molecule has 5 nitrogen and oxygen atoms in total. The van der Waals surface area contributed by atoms with Gasteiger partial charge in [-0.25, -0.2) is 4.98 Å². The molecule has 6 heteroatoms. The first-order valence-corrected chi connectivity index (χ1v) is 9.39. The van der Waals surface area contributed by atoms with Crippen LogP contribution >= 0.6 is 11.3 Å². The molecule has 0 atom stereocenters. The minimum atomic E-state index is -0.0830. The van der Waals surface area contributed by atoms with E-state index in [1.807, 2.05) is 30.3 Å². The van der Waals surface area contributed by atoms with Crippen LogP contribution in [0.15, 0.2) is 48.5 Å². The molecule has 0 saturated carbocycles. The second kappa shape index (κ2) is 8.58. The lowest BCUT2D eigenvalue weighted by molar-refractivity contribution is -0.119. The molecule has 134 valence electrons. The first-order chi connectivity index (χ1) is 12.6. The maximum Gasteiger partial charge on any atom is 0.251 e. The van der Waals surface area contributed by atoms with Gasteiger partial charge in [-0.1, -0.05) is 24.3 Å². The summed E-state index contributed by atoms with van der Waals surface area (Å²) < 4.78 is 1.20. The van der Waals surface area contributed by atoms with Crippen molar-refractivity contribution in [3.05, 3.63) is 64.7 Å². The molecule has 0 spiro atoms. The molecule has 1 heterocycles. The van der Waals surface area contributed by atoms with Gasteiger partial charge in [-0.15, -0.1) is 11.3 Å². The molecule has 2 amide bonds. The zero-order chi connectivity index (χ0) is 18.4. The molecule has 0 saturated heterocycles. The highest BCUT2D eigenvalue weighted by Crippen LogP contribution is 2.22. The fourth-order valence-corrected chi connectivity index (χ4v) is 3.58. The number of carbonyl (C=O) groups is 2. The second-order valence-corrected chi connectivity index (χ2v) is 7.16. The number of nitrogens with one attached hydrogen (secondary N) is 2. The Morgan fingerprint density at radius 2 is 1.81 bits per heavy atom. The number of hydrogen-bond donors (Lipinski definition) is 2. The van der Waals surface area contributed by atoms with E-state index in [9.17, 15) is 9.59 Å². The molecule has 1 aromatic heterocycles. The van der Waals surface area contributed by atoms with Crippen molar-refractivity contribution >= 4 is 33.4 Å². The zero-order valence-electron chi connectivity index (χ0n) is 14.6. The Balaban J connectivity index is 1.44. The number of fused-ring (bicyclic) bond motifs is 1. The van der Waals surface area contributed by atoms with Crippen LogP contribution in [0.25, 0.3) is 10.2 Å². The summed E-state index contributed by atoms with van der Waals surface area (Å²) in [5.74, 6) is -0.152. The van der Waals surface area contributed by atoms with Crippen molar-refractivity contribution in [3.63, 3.8) is 0 Å². The quantitative estimate of drug-likeness (QED) is 0.630. The van der Waals surface area contributed by atoms with Gasteiger partial charge in [0.25, 0.3) is 5.91 Å². The summed E-state index contributed by atoms with van der Waals surface area (Å²) in [6.07, 6.45) is 1.71. The molecule has 2 aromatic carbocycles. The van der Waals surface area contributed by atoms with Gasteiger partial charge in [-0.05, 0) is 36.2 Å². The fraction of sp³-hybridized carbons (Fsp3) is 0.250. The SMILES string of the molecule is CC(=O)NCc1ccc(C(=O)NCCCc2nc3ccccc3s2)cc1. The van der Waals surface area contributed by atoms with Crippen LogP contribution in [0.3, 0.4) is 0 Å². The number of benzene rings is 2. The van der Waals surface area contributed by atoms with Crippen LogP contribution in [0.2, 0.25) is 0 Å². The van der Waals surface area contributed by atoms with Crippen LogP contribution in [0.1, 0.15) is 34.3 Å². The molecule has 0 fully saturated rings. The number of aryl methyl sites for hydroxylation is 1. The lowest BCUT2D eigenvalue weighted by Gasteiger charge is -2.06. The monoisotopic (exact) mass is 367 g/mol. The van der Waals surface area contributed by atoms with E-state index in [2.05, 4.69) is 21.7 Å². The summed E-state index contributed by atoms with van der Waals surface area (Å²) >= 11 is 1.71.